The Kier molecular flexibility index (Phi) is 3.27. The third-order valence-corrected chi connectivity index (χ3v) is 5.64. The van der Waals surface area contributed by atoms with Crippen LogP contribution in [0.25, 0.3) is 0 Å². The summed E-state index contributed by atoms with van der Waals surface area (Å²) in [7, 11) is 0. The van der Waals surface area contributed by atoms with E-state index in [-0.39, 0.29) is 11.4 Å². The molecule has 0 atom stereocenters. The Morgan fingerprint density at radius 1 is 1.22 bits per heavy atom. The zero-order chi connectivity index (χ0) is 12.6. The maximum Gasteiger partial charge on any atom is 0.230 e. The Morgan fingerprint density at radius 3 is 2.28 bits per heavy atom. The molecule has 4 rings (SSSR count). The number of nitrogens with zero attached hydrogens (tertiary/aromatic N) is 1. The molecule has 4 bridgehead atoms. The average molecular weight is 264 g/mol. The lowest BCUT2D eigenvalue weighted by atomic mass is 9.53. The van der Waals surface area contributed by atoms with Crippen LogP contribution < -0.4 is 5.32 Å². The van der Waals surface area contributed by atoms with E-state index in [1.54, 1.807) is 0 Å². The van der Waals surface area contributed by atoms with Crippen LogP contribution in [0.2, 0.25) is 0 Å². The number of amides is 1. The van der Waals surface area contributed by atoms with Crippen molar-refractivity contribution in [1.82, 2.24) is 5.32 Å². The van der Waals surface area contributed by atoms with E-state index < -0.39 is 0 Å². The van der Waals surface area contributed by atoms with E-state index in [1.807, 2.05) is 0 Å². The highest BCUT2D eigenvalue weighted by Gasteiger charge is 2.51. The van der Waals surface area contributed by atoms with Gasteiger partial charge in [0.25, 0.3) is 0 Å². The minimum atomic E-state index is 0.124. The van der Waals surface area contributed by atoms with Crippen LogP contribution in [0.15, 0.2) is 0 Å². The molecule has 0 aromatic carbocycles. The smallest absolute Gasteiger partial charge is 0.230 e. The molecule has 18 heavy (non-hydrogen) atoms. The van der Waals surface area contributed by atoms with E-state index in [1.165, 1.54) is 50.3 Å². The zero-order valence-electron chi connectivity index (χ0n) is 10.7. The second kappa shape index (κ2) is 4.77. The van der Waals surface area contributed by atoms with Crippen LogP contribution in [0, 0.1) is 29.1 Å². The van der Waals surface area contributed by atoms with E-state index in [0.717, 1.165) is 17.8 Å². The number of carbonyl (C=O) groups excluding carboxylic acids is 1. The van der Waals surface area contributed by atoms with Gasteiger partial charge < -0.3 is 5.32 Å². The van der Waals surface area contributed by atoms with E-state index in [0.29, 0.717) is 11.5 Å². The van der Waals surface area contributed by atoms with E-state index in [9.17, 15) is 4.79 Å². The van der Waals surface area contributed by atoms with Crippen LogP contribution in [0.4, 0.5) is 0 Å². The minimum Gasteiger partial charge on any atom is -0.350 e. The minimum absolute atomic E-state index is 0.124. The van der Waals surface area contributed by atoms with Gasteiger partial charge in [-0.25, -0.2) is 0 Å². The summed E-state index contributed by atoms with van der Waals surface area (Å²) in [5.41, 5.74) is 0.124. The molecule has 0 aromatic heterocycles. The molecule has 3 nitrogen and oxygen atoms in total. The number of hydrogen-bond donors (Lipinski definition) is 1. The highest BCUT2D eigenvalue weighted by molar-refractivity contribution is 8.00. The summed E-state index contributed by atoms with van der Waals surface area (Å²) in [5, 5.41) is 11.8. The van der Waals surface area contributed by atoms with Crippen molar-refractivity contribution in [2.75, 3.05) is 11.5 Å². The molecule has 0 unspecified atom stereocenters. The largest absolute Gasteiger partial charge is 0.350 e. The van der Waals surface area contributed by atoms with Gasteiger partial charge in [-0.1, -0.05) is 0 Å². The van der Waals surface area contributed by atoms with Crippen LogP contribution in [-0.4, -0.2) is 23.0 Å². The summed E-state index contributed by atoms with van der Waals surface area (Å²) in [6.45, 7) is 0. The lowest BCUT2D eigenvalue weighted by molar-refractivity contribution is -0.124. The molecule has 4 aliphatic carbocycles. The lowest BCUT2D eigenvalue weighted by Crippen LogP contribution is -2.60. The van der Waals surface area contributed by atoms with Crippen molar-refractivity contribution in [1.29, 1.82) is 5.26 Å². The molecule has 0 saturated heterocycles. The maximum absolute atomic E-state index is 12.0. The van der Waals surface area contributed by atoms with Gasteiger partial charge in [-0.3, -0.25) is 4.79 Å². The predicted octanol–water partition coefficient (Wildman–Crippen LogP) is 2.33. The monoisotopic (exact) mass is 264 g/mol. The molecule has 0 radical (unpaired) electrons. The molecule has 4 saturated carbocycles. The molecule has 1 amide bonds. The van der Waals surface area contributed by atoms with Crippen LogP contribution in [0.5, 0.6) is 0 Å². The van der Waals surface area contributed by atoms with Crippen molar-refractivity contribution in [3.63, 3.8) is 0 Å². The number of hydrogen-bond acceptors (Lipinski definition) is 3. The van der Waals surface area contributed by atoms with Crippen LogP contribution in [-0.2, 0) is 4.79 Å². The number of nitriles is 1. The van der Waals surface area contributed by atoms with E-state index in [2.05, 4.69) is 11.4 Å². The fourth-order valence-corrected chi connectivity index (χ4v) is 5.24. The Bertz CT molecular complexity index is 352. The molecule has 0 heterocycles. The SMILES string of the molecule is N#CCSCC(=O)NC12CC3CC(CC(C3)C1)C2. The fraction of sp³-hybridized carbons (Fsp3) is 0.857. The molecule has 0 aromatic rings. The molecule has 4 heteroatoms. The quantitative estimate of drug-likeness (QED) is 0.793. The summed E-state index contributed by atoms with van der Waals surface area (Å²) in [5.74, 6) is 3.58. The summed E-state index contributed by atoms with van der Waals surface area (Å²) in [4.78, 5) is 12.0. The summed E-state index contributed by atoms with van der Waals surface area (Å²) in [6.07, 6.45) is 7.81. The van der Waals surface area contributed by atoms with Crippen LogP contribution in [0.3, 0.4) is 0 Å². The molecule has 0 aliphatic heterocycles. The third kappa shape index (κ3) is 2.38. The third-order valence-electron chi connectivity index (χ3n) is 4.84. The maximum atomic E-state index is 12.0. The highest BCUT2D eigenvalue weighted by atomic mass is 32.2. The normalized spacial score (nSPS) is 40.5. The van der Waals surface area contributed by atoms with Gasteiger partial charge in [0.1, 0.15) is 0 Å². The van der Waals surface area contributed by atoms with Crippen molar-refractivity contribution in [3.05, 3.63) is 0 Å². The van der Waals surface area contributed by atoms with Crippen LogP contribution >= 0.6 is 11.8 Å². The summed E-state index contributed by atoms with van der Waals surface area (Å²) >= 11 is 1.42. The number of thioether (sulfide) groups is 1. The molecular weight excluding hydrogens is 244 g/mol. The van der Waals surface area contributed by atoms with Gasteiger partial charge >= 0.3 is 0 Å². The van der Waals surface area contributed by atoms with Gasteiger partial charge in [-0.15, -0.1) is 11.8 Å². The Hall–Kier alpha value is -0.690. The first kappa shape index (κ1) is 12.3. The molecule has 98 valence electrons. The van der Waals surface area contributed by atoms with Crippen molar-refractivity contribution in [3.8, 4) is 6.07 Å². The van der Waals surface area contributed by atoms with Gasteiger partial charge in [-0.2, -0.15) is 5.26 Å². The van der Waals surface area contributed by atoms with Gasteiger partial charge in [0, 0.05) is 5.54 Å². The number of carbonyl (C=O) groups is 1. The highest BCUT2D eigenvalue weighted by Crippen LogP contribution is 2.55. The Balaban J connectivity index is 1.59. The summed E-state index contributed by atoms with van der Waals surface area (Å²) in [6, 6.07) is 2.07. The van der Waals surface area contributed by atoms with Gasteiger partial charge in [-0.05, 0) is 56.3 Å². The first-order valence-electron chi connectivity index (χ1n) is 6.95. The second-order valence-electron chi connectivity index (χ2n) is 6.40. The molecule has 0 spiro atoms. The fourth-order valence-electron chi connectivity index (χ4n) is 4.78. The van der Waals surface area contributed by atoms with Crippen molar-refractivity contribution >= 4 is 17.7 Å². The predicted molar refractivity (Wildman–Crippen MR) is 72.0 cm³/mol. The Labute approximate surface area is 113 Å². The van der Waals surface area contributed by atoms with Crippen molar-refractivity contribution in [2.45, 2.75) is 44.1 Å². The zero-order valence-corrected chi connectivity index (χ0v) is 11.5. The number of nitrogens with one attached hydrogen (secondary N) is 1. The summed E-state index contributed by atoms with van der Waals surface area (Å²) < 4.78 is 0. The van der Waals surface area contributed by atoms with E-state index >= 15 is 0 Å². The topological polar surface area (TPSA) is 52.9 Å². The van der Waals surface area contributed by atoms with Crippen LogP contribution in [0.1, 0.15) is 38.5 Å². The molecule has 4 fully saturated rings. The molecule has 4 aliphatic rings. The van der Waals surface area contributed by atoms with Gasteiger partial charge in [0.05, 0.1) is 17.6 Å². The van der Waals surface area contributed by atoms with Crippen molar-refractivity contribution < 1.29 is 4.79 Å². The second-order valence-corrected chi connectivity index (χ2v) is 7.38. The van der Waals surface area contributed by atoms with Crippen molar-refractivity contribution in [2.24, 2.45) is 17.8 Å². The Morgan fingerprint density at radius 2 is 1.78 bits per heavy atom. The van der Waals surface area contributed by atoms with Gasteiger partial charge in [0.15, 0.2) is 0 Å². The molecular formula is C14H20N2OS. The van der Waals surface area contributed by atoms with E-state index in [4.69, 9.17) is 5.26 Å². The van der Waals surface area contributed by atoms with Gasteiger partial charge in [0.2, 0.25) is 5.91 Å². The first-order chi connectivity index (χ1) is 8.69. The lowest BCUT2D eigenvalue weighted by Gasteiger charge is -2.56. The first-order valence-corrected chi connectivity index (χ1v) is 8.10. The number of rotatable bonds is 4. The average Bonchev–Trinajstić information content (AvgIpc) is 2.26. The molecule has 1 N–H and O–H groups in total. The standard InChI is InChI=1S/C14H20N2OS/c15-1-2-18-9-13(17)16-14-6-10-3-11(7-14)5-12(4-10)8-14/h10-12H,2-9H2,(H,16,17).